The Morgan fingerprint density at radius 3 is 2.15 bits per heavy atom. The molecule has 0 aliphatic heterocycles. The fourth-order valence-corrected chi connectivity index (χ4v) is 5.65. The average Bonchev–Trinajstić information content (AvgIpc) is 2.84. The topological polar surface area (TPSA) is 86.8 Å². The van der Waals surface area contributed by atoms with Gasteiger partial charge >= 0.3 is 0 Å². The van der Waals surface area contributed by atoms with E-state index in [4.69, 9.17) is 11.6 Å². The van der Waals surface area contributed by atoms with Crippen LogP contribution in [0.2, 0.25) is 5.02 Å². The molecule has 7 nitrogen and oxygen atoms in total. The number of amides is 2. The number of benzene rings is 3. The molecule has 0 heterocycles. The molecule has 0 saturated carbocycles. The van der Waals surface area contributed by atoms with Crippen LogP contribution in [0.15, 0.2) is 77.7 Å². The van der Waals surface area contributed by atoms with Crippen LogP contribution in [-0.2, 0) is 26.2 Å². The van der Waals surface area contributed by atoms with Crippen LogP contribution in [0.4, 0.5) is 5.69 Å². The van der Waals surface area contributed by atoms with E-state index in [9.17, 15) is 18.0 Å². The lowest BCUT2D eigenvalue weighted by Gasteiger charge is -2.33. The Balaban J connectivity index is 2.04. The maximum Gasteiger partial charge on any atom is 0.264 e. The van der Waals surface area contributed by atoms with Crippen molar-refractivity contribution in [1.29, 1.82) is 0 Å². The number of hydrogen-bond donors (Lipinski definition) is 1. The summed E-state index contributed by atoms with van der Waals surface area (Å²) in [4.78, 5) is 28.6. The number of carbonyl (C=O) groups excluding carboxylic acids is 2. The summed E-state index contributed by atoms with van der Waals surface area (Å²) >= 11 is 6.21. The highest BCUT2D eigenvalue weighted by Gasteiger charge is 2.33. The van der Waals surface area contributed by atoms with E-state index in [-0.39, 0.29) is 23.0 Å². The van der Waals surface area contributed by atoms with Crippen molar-refractivity contribution in [3.05, 3.63) is 94.5 Å². The zero-order valence-corrected chi connectivity index (χ0v) is 24.8. The molecule has 39 heavy (non-hydrogen) atoms. The standard InChI is InChI=1S/C30H36ClN3O4S/c1-21-13-15-27(16-14-21)39(37,38)34(26-12-8-11-25(31)18-26)20-28(35)33(19-24-10-7-9-22(2)17-24)23(3)29(36)32-30(4,5)6/h7-18,23H,19-20H2,1-6H3,(H,32,36)/t23-/m1/s1. The third-order valence-corrected chi connectivity index (χ3v) is 8.11. The highest BCUT2D eigenvalue weighted by molar-refractivity contribution is 7.92. The van der Waals surface area contributed by atoms with Gasteiger partial charge in [0.2, 0.25) is 11.8 Å². The largest absolute Gasteiger partial charge is 0.350 e. The van der Waals surface area contributed by atoms with Crippen LogP contribution in [0, 0.1) is 13.8 Å². The van der Waals surface area contributed by atoms with Gasteiger partial charge in [-0.3, -0.25) is 13.9 Å². The van der Waals surface area contributed by atoms with Crippen molar-refractivity contribution in [2.24, 2.45) is 0 Å². The third-order valence-electron chi connectivity index (χ3n) is 6.08. The summed E-state index contributed by atoms with van der Waals surface area (Å²) in [6.07, 6.45) is 0. The second-order valence-corrected chi connectivity index (χ2v) is 13.0. The minimum atomic E-state index is -4.14. The van der Waals surface area contributed by atoms with Crippen LogP contribution in [0.25, 0.3) is 0 Å². The lowest BCUT2D eigenvalue weighted by molar-refractivity contribution is -0.140. The second kappa shape index (κ2) is 12.2. The zero-order valence-electron chi connectivity index (χ0n) is 23.2. The molecule has 0 aliphatic rings. The molecule has 0 radical (unpaired) electrons. The molecule has 3 aromatic carbocycles. The summed E-state index contributed by atoms with van der Waals surface area (Å²) in [6.45, 7) is 10.6. The van der Waals surface area contributed by atoms with E-state index in [0.717, 1.165) is 21.0 Å². The Hall–Kier alpha value is -3.36. The summed E-state index contributed by atoms with van der Waals surface area (Å²) in [7, 11) is -4.14. The predicted molar refractivity (Wildman–Crippen MR) is 156 cm³/mol. The van der Waals surface area contributed by atoms with Gasteiger partial charge in [-0.15, -0.1) is 0 Å². The normalized spacial score (nSPS) is 12.5. The molecule has 0 unspecified atom stereocenters. The number of nitrogens with zero attached hydrogens (tertiary/aromatic N) is 2. The molecule has 0 aliphatic carbocycles. The van der Waals surface area contributed by atoms with Gasteiger partial charge in [-0.25, -0.2) is 8.42 Å². The van der Waals surface area contributed by atoms with Crippen molar-refractivity contribution < 1.29 is 18.0 Å². The molecule has 0 aromatic heterocycles. The quantitative estimate of drug-likeness (QED) is 0.369. The molecule has 0 spiro atoms. The second-order valence-electron chi connectivity index (χ2n) is 10.7. The number of anilines is 1. The van der Waals surface area contributed by atoms with Crippen LogP contribution in [0.3, 0.4) is 0 Å². The highest BCUT2D eigenvalue weighted by Crippen LogP contribution is 2.27. The van der Waals surface area contributed by atoms with E-state index in [1.165, 1.54) is 23.1 Å². The van der Waals surface area contributed by atoms with E-state index in [0.29, 0.717) is 5.02 Å². The molecule has 208 valence electrons. The molecule has 0 bridgehead atoms. The molecule has 2 amide bonds. The first-order valence-corrected chi connectivity index (χ1v) is 14.5. The Morgan fingerprint density at radius 1 is 0.923 bits per heavy atom. The van der Waals surface area contributed by atoms with Crippen molar-refractivity contribution in [3.8, 4) is 0 Å². The van der Waals surface area contributed by atoms with Gasteiger partial charge in [0.15, 0.2) is 0 Å². The average molecular weight is 570 g/mol. The van der Waals surface area contributed by atoms with E-state index in [1.54, 1.807) is 37.3 Å². The van der Waals surface area contributed by atoms with Crippen molar-refractivity contribution in [3.63, 3.8) is 0 Å². The number of carbonyl (C=O) groups is 2. The summed E-state index contributed by atoms with van der Waals surface area (Å²) in [6, 6.07) is 19.6. The zero-order chi connectivity index (χ0) is 29.0. The van der Waals surface area contributed by atoms with E-state index >= 15 is 0 Å². The molecule has 0 fully saturated rings. The van der Waals surface area contributed by atoms with Gasteiger partial charge in [-0.1, -0.05) is 65.2 Å². The molecule has 3 aromatic rings. The van der Waals surface area contributed by atoms with Crippen molar-refractivity contribution in [2.75, 3.05) is 10.8 Å². The monoisotopic (exact) mass is 569 g/mol. The lowest BCUT2D eigenvalue weighted by atomic mass is 10.1. The summed E-state index contributed by atoms with van der Waals surface area (Å²) in [5.74, 6) is -0.858. The first-order valence-electron chi connectivity index (χ1n) is 12.7. The van der Waals surface area contributed by atoms with E-state index in [1.807, 2.05) is 58.9 Å². The minimum absolute atomic E-state index is 0.0460. The maximum absolute atomic E-state index is 14.0. The van der Waals surface area contributed by atoms with Gasteiger partial charge in [0.1, 0.15) is 12.6 Å². The predicted octanol–water partition coefficient (Wildman–Crippen LogP) is 5.48. The van der Waals surface area contributed by atoms with Crippen LogP contribution in [-0.4, -0.2) is 43.3 Å². The van der Waals surface area contributed by atoms with Gasteiger partial charge in [0.25, 0.3) is 10.0 Å². The SMILES string of the molecule is Cc1ccc(S(=O)(=O)N(CC(=O)N(Cc2cccc(C)c2)[C@H](C)C(=O)NC(C)(C)C)c2cccc(Cl)c2)cc1. The van der Waals surface area contributed by atoms with Crippen LogP contribution in [0.1, 0.15) is 44.4 Å². The number of sulfonamides is 1. The summed E-state index contributed by atoms with van der Waals surface area (Å²) in [5, 5.41) is 3.26. The third kappa shape index (κ3) is 8.07. The minimum Gasteiger partial charge on any atom is -0.350 e. The first kappa shape index (κ1) is 30.2. The van der Waals surface area contributed by atoms with Gasteiger partial charge in [-0.05, 0) is 77.4 Å². The van der Waals surface area contributed by atoms with Crippen LogP contribution >= 0.6 is 11.6 Å². The Morgan fingerprint density at radius 2 is 1.56 bits per heavy atom. The molecular formula is C30H36ClN3O4S. The van der Waals surface area contributed by atoms with E-state index in [2.05, 4.69) is 5.32 Å². The Labute approximate surface area is 236 Å². The lowest BCUT2D eigenvalue weighted by Crippen LogP contribution is -2.54. The molecule has 0 saturated heterocycles. The number of halogens is 1. The molecule has 1 atom stereocenters. The van der Waals surface area contributed by atoms with Crippen molar-refractivity contribution >= 4 is 39.1 Å². The fourth-order valence-electron chi connectivity index (χ4n) is 4.06. The number of aryl methyl sites for hydroxylation is 2. The van der Waals surface area contributed by atoms with Gasteiger partial charge in [0, 0.05) is 17.1 Å². The number of nitrogens with one attached hydrogen (secondary N) is 1. The van der Waals surface area contributed by atoms with Gasteiger partial charge in [-0.2, -0.15) is 0 Å². The Bertz CT molecular complexity index is 1430. The number of hydrogen-bond acceptors (Lipinski definition) is 4. The summed E-state index contributed by atoms with van der Waals surface area (Å²) in [5.41, 5.74) is 2.48. The number of rotatable bonds is 9. The van der Waals surface area contributed by atoms with E-state index < -0.39 is 34.1 Å². The van der Waals surface area contributed by atoms with Gasteiger partial charge in [0.05, 0.1) is 10.6 Å². The van der Waals surface area contributed by atoms with Crippen LogP contribution in [0.5, 0.6) is 0 Å². The highest BCUT2D eigenvalue weighted by atomic mass is 35.5. The maximum atomic E-state index is 14.0. The first-order chi connectivity index (χ1) is 18.2. The molecule has 3 rings (SSSR count). The Kier molecular flexibility index (Phi) is 9.46. The smallest absolute Gasteiger partial charge is 0.264 e. The van der Waals surface area contributed by atoms with Crippen molar-refractivity contribution in [2.45, 2.75) is 64.6 Å². The molecular weight excluding hydrogens is 534 g/mol. The summed E-state index contributed by atoms with van der Waals surface area (Å²) < 4.78 is 28.7. The van der Waals surface area contributed by atoms with Gasteiger partial charge < -0.3 is 10.2 Å². The fraction of sp³-hybridized carbons (Fsp3) is 0.333. The molecule has 1 N–H and O–H groups in total. The van der Waals surface area contributed by atoms with Crippen LogP contribution < -0.4 is 9.62 Å². The van der Waals surface area contributed by atoms with Crippen molar-refractivity contribution in [1.82, 2.24) is 10.2 Å². The molecule has 9 heteroatoms.